The van der Waals surface area contributed by atoms with Gasteiger partial charge in [0.25, 0.3) is 5.91 Å². The van der Waals surface area contributed by atoms with E-state index in [-0.39, 0.29) is 11.8 Å². The molecule has 7 nitrogen and oxygen atoms in total. The first-order valence-corrected chi connectivity index (χ1v) is 7.02. The Hall–Kier alpha value is -2.02. The first-order valence-electron chi connectivity index (χ1n) is 7.02. The maximum atomic E-state index is 12.4. The van der Waals surface area contributed by atoms with Crippen LogP contribution < -0.4 is 5.73 Å². The molecule has 2 amide bonds. The average molecular weight is 293 g/mol. The van der Waals surface area contributed by atoms with E-state index in [4.69, 9.17) is 5.73 Å². The fraction of sp³-hybridized carbons (Fsp3) is 0.571. The fourth-order valence-electron chi connectivity index (χ4n) is 2.49. The minimum atomic E-state index is -0.0334. The largest absolute Gasteiger partial charge is 0.397 e. The second-order valence-corrected chi connectivity index (χ2v) is 5.68. The zero-order valence-corrected chi connectivity index (χ0v) is 12.9. The Kier molecular flexibility index (Phi) is 4.52. The molecule has 2 rings (SSSR count). The molecule has 0 aromatic carbocycles. The maximum Gasteiger partial charge on any atom is 0.270 e. The van der Waals surface area contributed by atoms with Crippen molar-refractivity contribution in [2.75, 3.05) is 52.6 Å². The van der Waals surface area contributed by atoms with Gasteiger partial charge in [0.2, 0.25) is 5.91 Å². The van der Waals surface area contributed by atoms with E-state index in [2.05, 4.69) is 0 Å². The van der Waals surface area contributed by atoms with Gasteiger partial charge in [-0.2, -0.15) is 0 Å². The quantitative estimate of drug-likeness (QED) is 0.812. The smallest absolute Gasteiger partial charge is 0.270 e. The zero-order chi connectivity index (χ0) is 15.6. The van der Waals surface area contributed by atoms with E-state index in [0.717, 1.165) is 0 Å². The number of hydrogen-bond acceptors (Lipinski definition) is 4. The monoisotopic (exact) mass is 293 g/mol. The number of carbonyl (C=O) groups is 2. The number of amides is 2. The van der Waals surface area contributed by atoms with Gasteiger partial charge in [0.15, 0.2) is 0 Å². The molecule has 0 spiro atoms. The van der Waals surface area contributed by atoms with E-state index in [0.29, 0.717) is 44.1 Å². The molecule has 1 aliphatic rings. The molecule has 2 N–H and O–H groups in total. The van der Waals surface area contributed by atoms with E-state index in [9.17, 15) is 9.59 Å². The molecular weight excluding hydrogens is 270 g/mol. The molecule has 0 bridgehead atoms. The van der Waals surface area contributed by atoms with Gasteiger partial charge in [0.05, 0.1) is 12.2 Å². The van der Waals surface area contributed by atoms with Crippen molar-refractivity contribution >= 4 is 17.5 Å². The molecular formula is C14H23N5O2. The molecule has 0 radical (unpaired) electrons. The summed E-state index contributed by atoms with van der Waals surface area (Å²) < 4.78 is 1.74. The van der Waals surface area contributed by atoms with Crippen LogP contribution in [-0.4, -0.2) is 77.9 Å². The van der Waals surface area contributed by atoms with Crippen molar-refractivity contribution in [2.24, 2.45) is 7.05 Å². The normalized spacial score (nSPS) is 15.6. The highest BCUT2D eigenvalue weighted by Gasteiger charge is 2.26. The molecule has 0 saturated carbocycles. The third-order valence-electron chi connectivity index (χ3n) is 3.62. The van der Waals surface area contributed by atoms with Crippen LogP contribution in [0.15, 0.2) is 12.3 Å². The Bertz CT molecular complexity index is 529. The van der Waals surface area contributed by atoms with Crippen molar-refractivity contribution in [1.82, 2.24) is 19.3 Å². The van der Waals surface area contributed by atoms with Crippen LogP contribution in [0.1, 0.15) is 10.5 Å². The Morgan fingerprint density at radius 3 is 2.24 bits per heavy atom. The molecule has 1 fully saturated rings. The summed E-state index contributed by atoms with van der Waals surface area (Å²) in [4.78, 5) is 29.8. The number of aromatic nitrogens is 1. The molecule has 0 unspecified atom stereocenters. The van der Waals surface area contributed by atoms with Gasteiger partial charge in [-0.1, -0.05) is 0 Å². The Balaban J connectivity index is 1.93. The van der Waals surface area contributed by atoms with Crippen LogP contribution in [0.4, 0.5) is 5.69 Å². The topological polar surface area (TPSA) is 74.8 Å². The van der Waals surface area contributed by atoms with E-state index in [1.807, 2.05) is 23.9 Å². The molecule has 116 valence electrons. The van der Waals surface area contributed by atoms with Gasteiger partial charge in [0.1, 0.15) is 5.69 Å². The lowest BCUT2D eigenvalue weighted by Gasteiger charge is -2.35. The zero-order valence-electron chi connectivity index (χ0n) is 12.9. The second-order valence-electron chi connectivity index (χ2n) is 5.68. The predicted molar refractivity (Wildman–Crippen MR) is 80.9 cm³/mol. The lowest BCUT2D eigenvalue weighted by atomic mass is 10.2. The van der Waals surface area contributed by atoms with Crippen LogP contribution in [0.25, 0.3) is 0 Å². The molecule has 1 aliphatic heterocycles. The Morgan fingerprint density at radius 1 is 1.19 bits per heavy atom. The molecule has 1 aromatic rings. The molecule has 0 aliphatic carbocycles. The summed E-state index contributed by atoms with van der Waals surface area (Å²) in [6, 6.07) is 1.69. The summed E-state index contributed by atoms with van der Waals surface area (Å²) in [5.74, 6) is 0.0733. The number of piperazine rings is 1. The first kappa shape index (κ1) is 15.4. The second kappa shape index (κ2) is 6.17. The van der Waals surface area contributed by atoms with E-state index < -0.39 is 0 Å². The lowest BCUT2D eigenvalue weighted by Crippen LogP contribution is -2.52. The van der Waals surface area contributed by atoms with Crippen LogP contribution in [0, 0.1) is 0 Å². The van der Waals surface area contributed by atoms with Crippen LogP contribution in [0.5, 0.6) is 0 Å². The van der Waals surface area contributed by atoms with Gasteiger partial charge >= 0.3 is 0 Å². The van der Waals surface area contributed by atoms with Crippen LogP contribution in [0.2, 0.25) is 0 Å². The van der Waals surface area contributed by atoms with Gasteiger partial charge in [-0.05, 0) is 20.2 Å². The minimum Gasteiger partial charge on any atom is -0.397 e. The predicted octanol–water partition coefficient (Wildman–Crippen LogP) is -0.547. The number of nitrogens with zero attached hydrogens (tertiary/aromatic N) is 4. The third kappa shape index (κ3) is 3.55. The van der Waals surface area contributed by atoms with E-state index >= 15 is 0 Å². The average Bonchev–Trinajstić information content (AvgIpc) is 2.76. The molecule has 7 heteroatoms. The van der Waals surface area contributed by atoms with E-state index in [1.165, 1.54) is 0 Å². The number of carbonyl (C=O) groups excluding carboxylic acids is 2. The molecule has 0 atom stereocenters. The standard InChI is InChI=1S/C14H23N5O2/c1-16(2)10-13(20)18-4-6-19(7-5-18)14(21)12-8-11(15)9-17(12)3/h8-9H,4-7,10,15H2,1-3H3. The number of aryl methyl sites for hydroxylation is 1. The van der Waals surface area contributed by atoms with Gasteiger partial charge < -0.3 is 25.0 Å². The lowest BCUT2D eigenvalue weighted by molar-refractivity contribution is -0.133. The van der Waals surface area contributed by atoms with E-state index in [1.54, 1.807) is 28.8 Å². The van der Waals surface area contributed by atoms with Crippen molar-refractivity contribution in [3.05, 3.63) is 18.0 Å². The first-order chi connectivity index (χ1) is 9.88. The summed E-state index contributed by atoms with van der Waals surface area (Å²) in [5.41, 5.74) is 6.87. The van der Waals surface area contributed by atoms with Crippen molar-refractivity contribution in [3.63, 3.8) is 0 Å². The number of likely N-dealkylation sites (N-methyl/N-ethyl adjacent to an activating group) is 1. The number of nitrogen functional groups attached to an aromatic ring is 1. The van der Waals surface area contributed by atoms with Gasteiger partial charge in [-0.3, -0.25) is 9.59 Å². The molecule has 1 aromatic heterocycles. The number of nitrogens with two attached hydrogens (primary N) is 1. The van der Waals surface area contributed by atoms with Crippen molar-refractivity contribution in [1.29, 1.82) is 0 Å². The Morgan fingerprint density at radius 2 is 1.76 bits per heavy atom. The minimum absolute atomic E-state index is 0.0334. The number of hydrogen-bond donors (Lipinski definition) is 1. The summed E-state index contributed by atoms with van der Waals surface area (Å²) in [6.45, 7) is 2.69. The molecule has 2 heterocycles. The fourth-order valence-corrected chi connectivity index (χ4v) is 2.49. The summed E-state index contributed by atoms with van der Waals surface area (Å²) in [7, 11) is 5.55. The maximum absolute atomic E-state index is 12.4. The SMILES string of the molecule is CN(C)CC(=O)N1CCN(C(=O)c2cc(N)cn2C)CC1. The van der Waals surface area contributed by atoms with Crippen LogP contribution in [0.3, 0.4) is 0 Å². The molecule has 21 heavy (non-hydrogen) atoms. The summed E-state index contributed by atoms with van der Waals surface area (Å²) in [6.07, 6.45) is 1.73. The highest BCUT2D eigenvalue weighted by Crippen LogP contribution is 2.13. The van der Waals surface area contributed by atoms with Gasteiger partial charge in [0, 0.05) is 39.4 Å². The van der Waals surface area contributed by atoms with Crippen LogP contribution >= 0.6 is 0 Å². The number of rotatable bonds is 3. The number of anilines is 1. The highest BCUT2D eigenvalue weighted by molar-refractivity contribution is 5.94. The van der Waals surface area contributed by atoms with Gasteiger partial charge in [-0.25, -0.2) is 0 Å². The highest BCUT2D eigenvalue weighted by atomic mass is 16.2. The molecule has 1 saturated heterocycles. The van der Waals surface area contributed by atoms with Gasteiger partial charge in [-0.15, -0.1) is 0 Å². The summed E-state index contributed by atoms with van der Waals surface area (Å²) in [5, 5.41) is 0. The van der Waals surface area contributed by atoms with Crippen molar-refractivity contribution in [3.8, 4) is 0 Å². The Labute approximate surface area is 124 Å². The van der Waals surface area contributed by atoms with Crippen LogP contribution in [-0.2, 0) is 11.8 Å². The third-order valence-corrected chi connectivity index (χ3v) is 3.62. The summed E-state index contributed by atoms with van der Waals surface area (Å²) >= 11 is 0. The van der Waals surface area contributed by atoms with Crippen molar-refractivity contribution in [2.45, 2.75) is 0 Å². The van der Waals surface area contributed by atoms with Crippen molar-refractivity contribution < 1.29 is 9.59 Å².